The number of ketones is 1. The van der Waals surface area contributed by atoms with Gasteiger partial charge in [-0.1, -0.05) is 30.7 Å². The minimum absolute atomic E-state index is 0.0141. The topological polar surface area (TPSA) is 60.7 Å². The van der Waals surface area contributed by atoms with Crippen molar-refractivity contribution >= 4 is 28.7 Å². The maximum absolute atomic E-state index is 12.2. The average Bonchev–Trinajstić information content (AvgIpc) is 3.16. The van der Waals surface area contributed by atoms with Crippen LogP contribution in [0.3, 0.4) is 0 Å². The van der Waals surface area contributed by atoms with Crippen LogP contribution in [0.25, 0.3) is 11.4 Å². The monoisotopic (exact) mass is 332 g/mol. The van der Waals surface area contributed by atoms with Crippen LogP contribution >= 0.6 is 22.9 Å². The van der Waals surface area contributed by atoms with E-state index >= 15 is 0 Å². The molecule has 3 rings (SSSR count). The van der Waals surface area contributed by atoms with E-state index in [4.69, 9.17) is 11.6 Å². The molecule has 0 aliphatic carbocycles. The molecular formula is C15H13ClN4OS. The van der Waals surface area contributed by atoms with Gasteiger partial charge in [-0.25, -0.2) is 0 Å². The summed E-state index contributed by atoms with van der Waals surface area (Å²) in [5.74, 6) is 0.440. The molecule has 5 nitrogen and oxygen atoms in total. The van der Waals surface area contributed by atoms with Gasteiger partial charge in [-0.3, -0.25) is 4.79 Å². The Hall–Kier alpha value is -2.05. The highest BCUT2D eigenvalue weighted by molar-refractivity contribution is 7.14. The normalized spacial score (nSPS) is 10.8. The number of hydrogen-bond acceptors (Lipinski definition) is 5. The Morgan fingerprint density at radius 1 is 1.32 bits per heavy atom. The van der Waals surface area contributed by atoms with Crippen molar-refractivity contribution in [2.75, 3.05) is 0 Å². The molecule has 0 unspecified atom stereocenters. The number of benzene rings is 1. The zero-order valence-electron chi connectivity index (χ0n) is 11.9. The van der Waals surface area contributed by atoms with E-state index in [9.17, 15) is 4.79 Å². The highest BCUT2D eigenvalue weighted by Crippen LogP contribution is 2.19. The van der Waals surface area contributed by atoms with E-state index in [1.54, 1.807) is 12.1 Å². The van der Waals surface area contributed by atoms with Gasteiger partial charge in [0.25, 0.3) is 0 Å². The van der Waals surface area contributed by atoms with Gasteiger partial charge in [-0.05, 0) is 35.9 Å². The molecule has 7 heteroatoms. The summed E-state index contributed by atoms with van der Waals surface area (Å²) in [4.78, 5) is 15.4. The van der Waals surface area contributed by atoms with Crippen LogP contribution in [0.4, 0.5) is 0 Å². The third kappa shape index (κ3) is 3.23. The van der Waals surface area contributed by atoms with Gasteiger partial charge in [-0.15, -0.1) is 21.5 Å². The first kappa shape index (κ1) is 14.9. The minimum Gasteiger partial charge on any atom is -0.291 e. The minimum atomic E-state index is -0.0141. The van der Waals surface area contributed by atoms with E-state index in [1.165, 1.54) is 21.0 Å². The van der Waals surface area contributed by atoms with Crippen molar-refractivity contribution in [2.45, 2.75) is 19.9 Å². The maximum atomic E-state index is 12.2. The fourth-order valence-corrected chi connectivity index (χ4v) is 3.05. The zero-order chi connectivity index (χ0) is 15.5. The standard InChI is InChI=1S/C15H13ClN4OS/c1-2-12-6-7-14(22-12)13(21)9-20-18-15(17-19-20)10-4-3-5-11(16)8-10/h3-8H,2,9H2,1H3. The molecule has 0 radical (unpaired) electrons. The number of aryl methyl sites for hydroxylation is 1. The van der Waals surface area contributed by atoms with Gasteiger partial charge >= 0.3 is 0 Å². The number of hydrogen-bond donors (Lipinski definition) is 0. The van der Waals surface area contributed by atoms with Crippen molar-refractivity contribution in [1.82, 2.24) is 20.2 Å². The van der Waals surface area contributed by atoms with E-state index in [0.29, 0.717) is 10.8 Å². The summed E-state index contributed by atoms with van der Waals surface area (Å²) in [6, 6.07) is 11.0. The molecule has 0 atom stereocenters. The number of tetrazole rings is 1. The Kier molecular flexibility index (Phi) is 4.31. The number of rotatable bonds is 5. The Morgan fingerprint density at radius 2 is 2.18 bits per heavy atom. The highest BCUT2D eigenvalue weighted by Gasteiger charge is 2.13. The van der Waals surface area contributed by atoms with Gasteiger partial charge in [0.2, 0.25) is 5.82 Å². The first-order valence-electron chi connectivity index (χ1n) is 6.81. The van der Waals surface area contributed by atoms with Gasteiger partial charge in [0.15, 0.2) is 5.78 Å². The molecule has 1 aromatic carbocycles. The number of thiophene rings is 1. The van der Waals surface area contributed by atoms with Gasteiger partial charge in [0.1, 0.15) is 6.54 Å². The molecule has 0 spiro atoms. The molecular weight excluding hydrogens is 320 g/mol. The third-order valence-corrected chi connectivity index (χ3v) is 4.61. The third-order valence-electron chi connectivity index (χ3n) is 3.11. The number of carbonyl (C=O) groups is 1. The summed E-state index contributed by atoms with van der Waals surface area (Å²) < 4.78 is 0. The van der Waals surface area contributed by atoms with Crippen LogP contribution in [-0.2, 0) is 13.0 Å². The molecule has 2 heterocycles. The van der Waals surface area contributed by atoms with Gasteiger partial charge in [-0.2, -0.15) is 4.80 Å². The van der Waals surface area contributed by atoms with Gasteiger partial charge < -0.3 is 0 Å². The quantitative estimate of drug-likeness (QED) is 0.671. The second-order valence-electron chi connectivity index (χ2n) is 4.70. The van der Waals surface area contributed by atoms with E-state index in [-0.39, 0.29) is 12.3 Å². The van der Waals surface area contributed by atoms with Crippen molar-refractivity contribution in [3.05, 3.63) is 51.2 Å². The number of carbonyl (C=O) groups excluding carboxylic acids is 1. The predicted molar refractivity (Wildman–Crippen MR) is 86.3 cm³/mol. The predicted octanol–water partition coefficient (Wildman–Crippen LogP) is 3.50. The summed E-state index contributed by atoms with van der Waals surface area (Å²) in [6.45, 7) is 2.15. The van der Waals surface area contributed by atoms with Crippen LogP contribution in [0.5, 0.6) is 0 Å². The lowest BCUT2D eigenvalue weighted by atomic mass is 10.2. The summed E-state index contributed by atoms with van der Waals surface area (Å²) in [5, 5.41) is 12.7. The Bertz CT molecular complexity index is 811. The fraction of sp³-hybridized carbons (Fsp3) is 0.200. The first-order chi connectivity index (χ1) is 10.7. The largest absolute Gasteiger partial charge is 0.291 e. The molecule has 0 fully saturated rings. The first-order valence-corrected chi connectivity index (χ1v) is 8.01. The van der Waals surface area contributed by atoms with Crippen LogP contribution < -0.4 is 0 Å². The lowest BCUT2D eigenvalue weighted by Gasteiger charge is -1.96. The van der Waals surface area contributed by atoms with Crippen LogP contribution in [-0.4, -0.2) is 26.0 Å². The smallest absolute Gasteiger partial charge is 0.204 e. The number of nitrogens with zero attached hydrogens (tertiary/aromatic N) is 4. The summed E-state index contributed by atoms with van der Waals surface area (Å²) >= 11 is 7.46. The van der Waals surface area contributed by atoms with Crippen molar-refractivity contribution < 1.29 is 4.79 Å². The fourth-order valence-electron chi connectivity index (χ4n) is 1.98. The molecule has 22 heavy (non-hydrogen) atoms. The molecule has 0 saturated heterocycles. The van der Waals surface area contributed by atoms with Crippen LogP contribution in [0.15, 0.2) is 36.4 Å². The molecule has 0 bridgehead atoms. The van der Waals surface area contributed by atoms with Crippen LogP contribution in [0, 0.1) is 0 Å². The summed E-state index contributed by atoms with van der Waals surface area (Å²) in [7, 11) is 0. The molecule has 0 saturated carbocycles. The van der Waals surface area contributed by atoms with Crippen LogP contribution in [0.1, 0.15) is 21.5 Å². The summed E-state index contributed by atoms with van der Waals surface area (Å²) in [6.07, 6.45) is 0.929. The molecule has 2 aromatic heterocycles. The van der Waals surface area contributed by atoms with Crippen LogP contribution in [0.2, 0.25) is 5.02 Å². The Labute approximate surface area is 136 Å². The van der Waals surface area contributed by atoms with Crippen molar-refractivity contribution in [3.8, 4) is 11.4 Å². The molecule has 3 aromatic rings. The molecule has 0 aliphatic rings. The van der Waals surface area contributed by atoms with E-state index < -0.39 is 0 Å². The van der Waals surface area contributed by atoms with Crippen molar-refractivity contribution in [2.24, 2.45) is 0 Å². The van der Waals surface area contributed by atoms with Gasteiger partial charge in [0.05, 0.1) is 4.88 Å². The highest BCUT2D eigenvalue weighted by atomic mass is 35.5. The number of halogens is 1. The summed E-state index contributed by atoms with van der Waals surface area (Å²) in [5.41, 5.74) is 0.774. The Morgan fingerprint density at radius 3 is 2.91 bits per heavy atom. The maximum Gasteiger partial charge on any atom is 0.204 e. The van der Waals surface area contributed by atoms with Crippen molar-refractivity contribution in [3.63, 3.8) is 0 Å². The molecule has 112 valence electrons. The van der Waals surface area contributed by atoms with Gasteiger partial charge in [0, 0.05) is 15.5 Å². The van der Waals surface area contributed by atoms with E-state index in [0.717, 1.165) is 16.9 Å². The van der Waals surface area contributed by atoms with E-state index in [2.05, 4.69) is 22.3 Å². The van der Waals surface area contributed by atoms with E-state index in [1.807, 2.05) is 24.3 Å². The number of aromatic nitrogens is 4. The SMILES string of the molecule is CCc1ccc(C(=O)Cn2nnc(-c3cccc(Cl)c3)n2)s1. The average molecular weight is 333 g/mol. The second kappa shape index (κ2) is 6.37. The molecule has 0 amide bonds. The molecule has 0 aliphatic heterocycles. The lowest BCUT2D eigenvalue weighted by molar-refractivity contribution is 0.0965. The Balaban J connectivity index is 1.75. The zero-order valence-corrected chi connectivity index (χ0v) is 13.4. The van der Waals surface area contributed by atoms with Crippen molar-refractivity contribution in [1.29, 1.82) is 0 Å². The number of Topliss-reactive ketones (excluding diaryl/α,β-unsaturated/α-hetero) is 1. The second-order valence-corrected chi connectivity index (χ2v) is 6.30. The molecule has 0 N–H and O–H groups in total. The lowest BCUT2D eigenvalue weighted by Crippen LogP contribution is -2.12.